The van der Waals surface area contributed by atoms with Crippen LogP contribution in [0.5, 0.6) is 5.75 Å². The summed E-state index contributed by atoms with van der Waals surface area (Å²) in [5.41, 5.74) is 3.49. The topological polar surface area (TPSA) is 59.8 Å². The van der Waals surface area contributed by atoms with Crippen LogP contribution in [0.1, 0.15) is 22.5 Å². The maximum atomic E-state index is 13.5. The summed E-state index contributed by atoms with van der Waals surface area (Å²) in [7, 11) is 1.55. The normalized spacial score (nSPS) is 14.0. The Bertz CT molecular complexity index is 1150. The SMILES string of the molecule is COc1ccccc1C1=C(SCc2ccco2)C(=O)N(c2ccc(C)cc2C)C1=O. The predicted octanol–water partition coefficient (Wildman–Crippen LogP) is 5.12. The van der Waals surface area contributed by atoms with Crippen LogP contribution in [0.2, 0.25) is 0 Å². The van der Waals surface area contributed by atoms with E-state index in [1.54, 1.807) is 31.6 Å². The van der Waals surface area contributed by atoms with Crippen LogP contribution in [0.25, 0.3) is 5.57 Å². The second kappa shape index (κ2) is 8.24. The number of amides is 2. The van der Waals surface area contributed by atoms with Crippen molar-refractivity contribution in [3.63, 3.8) is 0 Å². The molecule has 1 aliphatic rings. The van der Waals surface area contributed by atoms with E-state index < -0.39 is 0 Å². The number of furan rings is 1. The third-order valence-electron chi connectivity index (χ3n) is 4.95. The predicted molar refractivity (Wildman–Crippen MR) is 118 cm³/mol. The van der Waals surface area contributed by atoms with Gasteiger partial charge in [0.05, 0.1) is 35.3 Å². The first-order valence-electron chi connectivity index (χ1n) is 9.50. The summed E-state index contributed by atoms with van der Waals surface area (Å²) in [6, 6.07) is 16.6. The minimum absolute atomic E-state index is 0.329. The number of aryl methyl sites for hydroxylation is 2. The van der Waals surface area contributed by atoms with Crippen molar-refractivity contribution < 1.29 is 18.7 Å². The summed E-state index contributed by atoms with van der Waals surface area (Å²) in [5.74, 6) is 1.05. The molecular formula is C24H21NO4S. The standard InChI is InChI=1S/C24H21NO4S/c1-15-10-11-19(16(2)13-15)25-23(26)21(18-8-4-5-9-20(18)28-3)22(24(25)27)30-14-17-7-6-12-29-17/h4-13H,14H2,1-3H3. The van der Waals surface area contributed by atoms with Gasteiger partial charge < -0.3 is 9.15 Å². The molecule has 0 radical (unpaired) electrons. The first-order chi connectivity index (χ1) is 14.5. The van der Waals surface area contributed by atoms with Crippen LogP contribution in [0.15, 0.2) is 70.2 Å². The van der Waals surface area contributed by atoms with Crippen molar-refractivity contribution in [2.75, 3.05) is 12.0 Å². The Morgan fingerprint density at radius 2 is 1.80 bits per heavy atom. The number of anilines is 1. The Labute approximate surface area is 179 Å². The quantitative estimate of drug-likeness (QED) is 0.519. The van der Waals surface area contributed by atoms with E-state index in [1.807, 2.05) is 50.2 Å². The zero-order valence-electron chi connectivity index (χ0n) is 17.0. The number of para-hydroxylation sites is 1. The van der Waals surface area contributed by atoms with Gasteiger partial charge in [0.1, 0.15) is 11.5 Å². The Hall–Kier alpha value is -3.25. The molecule has 0 saturated heterocycles. The highest BCUT2D eigenvalue weighted by atomic mass is 32.2. The fourth-order valence-corrected chi connectivity index (χ4v) is 4.55. The molecule has 0 aliphatic carbocycles. The summed E-state index contributed by atoms with van der Waals surface area (Å²) in [6.45, 7) is 3.88. The van der Waals surface area contributed by atoms with Crippen molar-refractivity contribution in [1.29, 1.82) is 0 Å². The van der Waals surface area contributed by atoms with Gasteiger partial charge in [0.2, 0.25) is 0 Å². The summed E-state index contributed by atoms with van der Waals surface area (Å²) in [4.78, 5) is 28.7. The maximum Gasteiger partial charge on any atom is 0.272 e. The molecule has 0 spiro atoms. The molecule has 6 heteroatoms. The number of thioether (sulfide) groups is 1. The Morgan fingerprint density at radius 1 is 1.00 bits per heavy atom. The van der Waals surface area contributed by atoms with Crippen LogP contribution >= 0.6 is 11.8 Å². The Balaban J connectivity index is 1.81. The Morgan fingerprint density at radius 3 is 2.50 bits per heavy atom. The van der Waals surface area contributed by atoms with Crippen molar-refractivity contribution in [3.05, 3.63) is 88.2 Å². The van der Waals surface area contributed by atoms with E-state index in [0.29, 0.717) is 33.2 Å². The number of hydrogen-bond acceptors (Lipinski definition) is 5. The summed E-state index contributed by atoms with van der Waals surface area (Å²) in [6.07, 6.45) is 1.59. The molecule has 152 valence electrons. The molecule has 30 heavy (non-hydrogen) atoms. The molecule has 1 aliphatic heterocycles. The fraction of sp³-hybridized carbons (Fsp3) is 0.167. The number of imide groups is 1. The molecule has 3 aromatic rings. The molecule has 0 bridgehead atoms. The zero-order valence-corrected chi connectivity index (χ0v) is 17.8. The molecule has 0 atom stereocenters. The van der Waals surface area contributed by atoms with Gasteiger partial charge >= 0.3 is 0 Å². The number of carbonyl (C=O) groups is 2. The largest absolute Gasteiger partial charge is 0.496 e. The summed E-state index contributed by atoms with van der Waals surface area (Å²) < 4.78 is 10.9. The lowest BCUT2D eigenvalue weighted by atomic mass is 10.0. The van der Waals surface area contributed by atoms with Gasteiger partial charge in [-0.15, -0.1) is 11.8 Å². The number of methoxy groups -OCH3 is 1. The molecule has 0 saturated carbocycles. The molecular weight excluding hydrogens is 398 g/mol. The number of benzene rings is 2. The lowest BCUT2D eigenvalue weighted by Crippen LogP contribution is -2.32. The van der Waals surface area contributed by atoms with Gasteiger partial charge in [-0.05, 0) is 43.7 Å². The monoisotopic (exact) mass is 419 g/mol. The van der Waals surface area contributed by atoms with E-state index in [4.69, 9.17) is 9.15 Å². The van der Waals surface area contributed by atoms with Crippen molar-refractivity contribution >= 4 is 34.8 Å². The van der Waals surface area contributed by atoms with Crippen molar-refractivity contribution in [3.8, 4) is 5.75 Å². The molecule has 0 fully saturated rings. The number of rotatable bonds is 6. The van der Waals surface area contributed by atoms with Crippen LogP contribution in [-0.4, -0.2) is 18.9 Å². The minimum Gasteiger partial charge on any atom is -0.496 e. The first-order valence-corrected chi connectivity index (χ1v) is 10.5. The van der Waals surface area contributed by atoms with Crippen LogP contribution < -0.4 is 9.64 Å². The van der Waals surface area contributed by atoms with Crippen molar-refractivity contribution in [2.24, 2.45) is 0 Å². The third-order valence-corrected chi connectivity index (χ3v) is 6.05. The van der Waals surface area contributed by atoms with Crippen LogP contribution in [0.4, 0.5) is 5.69 Å². The second-order valence-corrected chi connectivity index (χ2v) is 7.99. The molecule has 0 unspecified atom stereocenters. The van der Waals surface area contributed by atoms with Gasteiger partial charge in [-0.3, -0.25) is 9.59 Å². The lowest BCUT2D eigenvalue weighted by molar-refractivity contribution is -0.119. The van der Waals surface area contributed by atoms with Gasteiger partial charge in [-0.1, -0.05) is 35.9 Å². The summed E-state index contributed by atoms with van der Waals surface area (Å²) >= 11 is 1.30. The van der Waals surface area contributed by atoms with E-state index >= 15 is 0 Å². The van der Waals surface area contributed by atoms with Crippen molar-refractivity contribution in [1.82, 2.24) is 0 Å². The van der Waals surface area contributed by atoms with Gasteiger partial charge in [0.25, 0.3) is 11.8 Å². The van der Waals surface area contributed by atoms with Crippen LogP contribution in [0.3, 0.4) is 0 Å². The van der Waals surface area contributed by atoms with E-state index in [0.717, 1.165) is 16.9 Å². The average molecular weight is 420 g/mol. The van der Waals surface area contributed by atoms with Gasteiger partial charge in [-0.2, -0.15) is 0 Å². The fourth-order valence-electron chi connectivity index (χ4n) is 3.55. The van der Waals surface area contributed by atoms with Gasteiger partial charge in [-0.25, -0.2) is 4.90 Å². The highest BCUT2D eigenvalue weighted by Gasteiger charge is 2.41. The zero-order chi connectivity index (χ0) is 21.3. The number of ether oxygens (including phenoxy) is 1. The van der Waals surface area contributed by atoms with Crippen molar-refractivity contribution in [2.45, 2.75) is 19.6 Å². The number of carbonyl (C=O) groups excluding carboxylic acids is 2. The number of hydrogen-bond donors (Lipinski definition) is 0. The van der Waals surface area contributed by atoms with E-state index in [9.17, 15) is 9.59 Å². The lowest BCUT2D eigenvalue weighted by Gasteiger charge is -2.18. The second-order valence-electron chi connectivity index (χ2n) is 7.01. The molecule has 0 N–H and O–H groups in total. The van der Waals surface area contributed by atoms with Gasteiger partial charge in [0, 0.05) is 5.56 Å². The highest BCUT2D eigenvalue weighted by Crippen LogP contribution is 2.42. The van der Waals surface area contributed by atoms with E-state index in [2.05, 4.69) is 0 Å². The molecule has 2 amide bonds. The first kappa shape index (κ1) is 20.0. The molecule has 2 heterocycles. The van der Waals surface area contributed by atoms with E-state index in [1.165, 1.54) is 16.7 Å². The van der Waals surface area contributed by atoms with Gasteiger partial charge in [0.15, 0.2) is 0 Å². The molecule has 2 aromatic carbocycles. The van der Waals surface area contributed by atoms with Crippen LogP contribution in [-0.2, 0) is 15.3 Å². The molecule has 5 nitrogen and oxygen atoms in total. The van der Waals surface area contributed by atoms with E-state index in [-0.39, 0.29) is 11.8 Å². The average Bonchev–Trinajstić information content (AvgIpc) is 3.33. The summed E-state index contributed by atoms with van der Waals surface area (Å²) in [5, 5.41) is 0. The highest BCUT2D eigenvalue weighted by molar-refractivity contribution is 8.03. The minimum atomic E-state index is -0.349. The maximum absolute atomic E-state index is 13.5. The Kier molecular flexibility index (Phi) is 5.50. The third kappa shape index (κ3) is 3.55. The molecule has 1 aromatic heterocycles. The smallest absolute Gasteiger partial charge is 0.272 e. The van der Waals surface area contributed by atoms with Crippen LogP contribution in [0, 0.1) is 13.8 Å². The number of nitrogens with zero attached hydrogens (tertiary/aromatic N) is 1. The molecule has 4 rings (SSSR count).